The molecule has 26 heavy (non-hydrogen) atoms. The maximum Gasteiger partial charge on any atom is 0.338 e. The van der Waals surface area contributed by atoms with Crippen LogP contribution in [0, 0.1) is 6.92 Å². The van der Waals surface area contributed by atoms with Crippen LogP contribution in [-0.2, 0) is 14.8 Å². The van der Waals surface area contributed by atoms with Crippen LogP contribution in [0.4, 0.5) is 5.69 Å². The Morgan fingerprint density at radius 3 is 2.58 bits per heavy atom. The van der Waals surface area contributed by atoms with E-state index in [2.05, 4.69) is 14.9 Å². The van der Waals surface area contributed by atoms with Gasteiger partial charge in [0.2, 0.25) is 0 Å². The summed E-state index contributed by atoms with van der Waals surface area (Å²) in [4.78, 5) is 16.2. The summed E-state index contributed by atoms with van der Waals surface area (Å²) in [5, 5.41) is 5.32. The van der Waals surface area contributed by atoms with E-state index < -0.39 is 22.1 Å². The number of aryl methyl sites for hydroxylation is 1. The van der Waals surface area contributed by atoms with Crippen molar-refractivity contribution in [1.82, 2.24) is 10.1 Å². The largest absolute Gasteiger partial charge is 0.449 e. The second-order valence-corrected chi connectivity index (χ2v) is 8.20. The van der Waals surface area contributed by atoms with Crippen molar-refractivity contribution in [3.63, 3.8) is 0 Å². The van der Waals surface area contributed by atoms with Crippen molar-refractivity contribution < 1.29 is 22.5 Å². The molecular weight excluding hydrogens is 378 g/mol. The summed E-state index contributed by atoms with van der Waals surface area (Å²) in [6.07, 6.45) is -0.694. The Bertz CT molecular complexity index is 995. The van der Waals surface area contributed by atoms with Crippen LogP contribution in [0.25, 0.3) is 0 Å². The molecule has 10 heteroatoms. The third-order valence-corrected chi connectivity index (χ3v) is 6.09. The van der Waals surface area contributed by atoms with Crippen molar-refractivity contribution in [3.05, 3.63) is 59.1 Å². The van der Waals surface area contributed by atoms with Gasteiger partial charge in [0.05, 0.1) is 5.56 Å². The number of rotatable bonds is 6. The van der Waals surface area contributed by atoms with E-state index in [1.807, 2.05) is 0 Å². The van der Waals surface area contributed by atoms with Crippen LogP contribution in [0.3, 0.4) is 0 Å². The standard InChI is InChI=1S/C16H15N3O5S2/c1-10(15-17-11(2)18-24-15)23-16(20)12-5-7-13(8-6-12)19-26(21,22)14-4-3-9-25-14/h3-10,19H,1-2H3. The Balaban J connectivity index is 1.66. The first kappa shape index (κ1) is 18.1. The van der Waals surface area contributed by atoms with Gasteiger partial charge in [-0.15, -0.1) is 11.3 Å². The maximum atomic E-state index is 12.2. The molecule has 1 unspecified atom stereocenters. The summed E-state index contributed by atoms with van der Waals surface area (Å²) < 4.78 is 37.2. The Kier molecular flexibility index (Phi) is 5.05. The minimum atomic E-state index is -3.63. The van der Waals surface area contributed by atoms with Crippen LogP contribution in [0.1, 0.15) is 35.1 Å². The molecule has 0 aliphatic carbocycles. The first-order chi connectivity index (χ1) is 12.3. The van der Waals surface area contributed by atoms with Crippen LogP contribution in [0.5, 0.6) is 0 Å². The molecule has 2 aromatic heterocycles. The number of hydrogen-bond acceptors (Lipinski definition) is 8. The average Bonchev–Trinajstić information content (AvgIpc) is 3.27. The number of esters is 1. The molecule has 0 amide bonds. The Morgan fingerprint density at radius 1 is 1.27 bits per heavy atom. The van der Waals surface area contributed by atoms with Gasteiger partial charge >= 0.3 is 5.97 Å². The lowest BCUT2D eigenvalue weighted by Gasteiger charge is -2.10. The highest BCUT2D eigenvalue weighted by atomic mass is 32.2. The zero-order valence-electron chi connectivity index (χ0n) is 13.9. The van der Waals surface area contributed by atoms with Gasteiger partial charge in [0.15, 0.2) is 11.9 Å². The number of carbonyl (C=O) groups is 1. The molecule has 0 aliphatic rings. The molecule has 0 radical (unpaired) electrons. The second-order valence-electron chi connectivity index (χ2n) is 5.34. The molecule has 8 nitrogen and oxygen atoms in total. The predicted octanol–water partition coefficient (Wildman–Crippen LogP) is 3.16. The van der Waals surface area contributed by atoms with Crippen LogP contribution >= 0.6 is 11.3 Å². The molecule has 3 aromatic rings. The maximum absolute atomic E-state index is 12.2. The van der Waals surface area contributed by atoms with Crippen LogP contribution in [0.2, 0.25) is 0 Å². The lowest BCUT2D eigenvalue weighted by atomic mass is 10.2. The summed E-state index contributed by atoms with van der Waals surface area (Å²) in [6, 6.07) is 9.09. The molecule has 1 aromatic carbocycles. The minimum absolute atomic E-state index is 0.205. The number of hydrogen-bond donors (Lipinski definition) is 1. The molecule has 0 spiro atoms. The van der Waals surface area contributed by atoms with E-state index in [9.17, 15) is 13.2 Å². The van der Waals surface area contributed by atoms with E-state index in [-0.39, 0.29) is 15.7 Å². The number of ether oxygens (including phenoxy) is 1. The van der Waals surface area contributed by atoms with E-state index >= 15 is 0 Å². The minimum Gasteiger partial charge on any atom is -0.449 e. The van der Waals surface area contributed by atoms with Crippen molar-refractivity contribution in [2.75, 3.05) is 4.72 Å². The molecule has 0 saturated carbocycles. The van der Waals surface area contributed by atoms with Gasteiger partial charge in [0, 0.05) is 5.69 Å². The van der Waals surface area contributed by atoms with Gasteiger partial charge < -0.3 is 9.26 Å². The fourth-order valence-electron chi connectivity index (χ4n) is 2.05. The van der Waals surface area contributed by atoms with E-state index in [1.54, 1.807) is 25.3 Å². The Morgan fingerprint density at radius 2 is 2.00 bits per heavy atom. The van der Waals surface area contributed by atoms with Crippen molar-refractivity contribution in [3.8, 4) is 0 Å². The smallest absolute Gasteiger partial charge is 0.338 e. The predicted molar refractivity (Wildman–Crippen MR) is 94.4 cm³/mol. The van der Waals surface area contributed by atoms with Crippen molar-refractivity contribution in [2.24, 2.45) is 0 Å². The van der Waals surface area contributed by atoms with Gasteiger partial charge in [-0.25, -0.2) is 13.2 Å². The molecule has 0 aliphatic heterocycles. The fraction of sp³-hybridized carbons (Fsp3) is 0.188. The van der Waals surface area contributed by atoms with Gasteiger partial charge in [-0.2, -0.15) is 4.98 Å². The molecule has 1 N–H and O–H groups in total. The monoisotopic (exact) mass is 393 g/mol. The Hall–Kier alpha value is -2.72. The van der Waals surface area contributed by atoms with Gasteiger partial charge in [0.25, 0.3) is 15.9 Å². The number of sulfonamides is 1. The number of thiophene rings is 1. The third-order valence-electron chi connectivity index (χ3n) is 3.31. The summed E-state index contributed by atoms with van der Waals surface area (Å²) in [5.74, 6) is 0.0717. The number of aromatic nitrogens is 2. The van der Waals surface area contributed by atoms with Gasteiger partial charge in [-0.1, -0.05) is 11.2 Å². The zero-order valence-corrected chi connectivity index (χ0v) is 15.5. The number of benzene rings is 1. The molecule has 2 heterocycles. The summed E-state index contributed by atoms with van der Waals surface area (Å²) in [6.45, 7) is 3.28. The van der Waals surface area contributed by atoms with E-state index in [4.69, 9.17) is 9.26 Å². The van der Waals surface area contributed by atoms with Crippen molar-refractivity contribution in [2.45, 2.75) is 24.2 Å². The van der Waals surface area contributed by atoms with E-state index in [0.29, 0.717) is 11.5 Å². The lowest BCUT2D eigenvalue weighted by Crippen LogP contribution is -2.12. The van der Waals surface area contributed by atoms with Gasteiger partial charge in [-0.3, -0.25) is 4.72 Å². The molecule has 136 valence electrons. The lowest BCUT2D eigenvalue weighted by molar-refractivity contribution is 0.0265. The van der Waals surface area contributed by atoms with Crippen LogP contribution < -0.4 is 4.72 Å². The quantitative estimate of drug-likeness (QED) is 0.640. The molecule has 1 atom stereocenters. The highest BCUT2D eigenvalue weighted by Crippen LogP contribution is 2.21. The fourth-order valence-corrected chi connectivity index (χ4v) is 4.10. The normalized spacial score (nSPS) is 12.5. The third kappa shape index (κ3) is 4.09. The number of carbonyl (C=O) groups excluding carboxylic acids is 1. The zero-order chi connectivity index (χ0) is 18.7. The van der Waals surface area contributed by atoms with Gasteiger partial charge in [0.1, 0.15) is 4.21 Å². The SMILES string of the molecule is Cc1noc(C(C)OC(=O)c2ccc(NS(=O)(=O)c3cccs3)cc2)n1. The topological polar surface area (TPSA) is 111 Å². The second kappa shape index (κ2) is 7.26. The summed E-state index contributed by atoms with van der Waals surface area (Å²) in [5.41, 5.74) is 0.614. The average molecular weight is 393 g/mol. The molecule has 0 saturated heterocycles. The van der Waals surface area contributed by atoms with Gasteiger partial charge in [-0.05, 0) is 49.6 Å². The van der Waals surface area contributed by atoms with Crippen LogP contribution in [0.15, 0.2) is 50.5 Å². The highest BCUT2D eigenvalue weighted by molar-refractivity contribution is 7.94. The number of anilines is 1. The number of nitrogens with zero attached hydrogens (tertiary/aromatic N) is 2. The molecular formula is C16H15N3O5S2. The Labute approximate surface area is 153 Å². The molecule has 3 rings (SSSR count). The van der Waals surface area contributed by atoms with E-state index in [0.717, 1.165) is 11.3 Å². The summed E-state index contributed by atoms with van der Waals surface area (Å²) in [7, 11) is -3.63. The van der Waals surface area contributed by atoms with Crippen molar-refractivity contribution in [1.29, 1.82) is 0 Å². The first-order valence-electron chi connectivity index (χ1n) is 7.53. The van der Waals surface area contributed by atoms with Crippen molar-refractivity contribution >= 4 is 33.0 Å². The first-order valence-corrected chi connectivity index (χ1v) is 9.89. The number of nitrogens with one attached hydrogen (secondary N) is 1. The van der Waals surface area contributed by atoms with Crippen LogP contribution in [-0.4, -0.2) is 24.5 Å². The molecule has 0 fully saturated rings. The highest BCUT2D eigenvalue weighted by Gasteiger charge is 2.19. The van der Waals surface area contributed by atoms with E-state index in [1.165, 1.54) is 30.3 Å². The summed E-state index contributed by atoms with van der Waals surface area (Å²) >= 11 is 1.12. The molecule has 0 bridgehead atoms.